The predicted octanol–water partition coefficient (Wildman–Crippen LogP) is 2.50. The number of carbonyl (C=O) groups excluding carboxylic acids is 2. The van der Waals surface area contributed by atoms with E-state index in [-0.39, 0.29) is 17.2 Å². The number of carboxylic acid groups (broad SMARTS) is 2. The molecule has 1 aromatic rings. The molecule has 0 bridgehead atoms. The van der Waals surface area contributed by atoms with Gasteiger partial charge in [-0.1, -0.05) is 19.3 Å². The van der Waals surface area contributed by atoms with E-state index in [0.717, 1.165) is 38.2 Å². The van der Waals surface area contributed by atoms with Gasteiger partial charge >= 0.3 is 11.9 Å². The Morgan fingerprint density at radius 2 is 1.67 bits per heavy atom. The lowest BCUT2D eigenvalue weighted by Gasteiger charge is -2.33. The van der Waals surface area contributed by atoms with E-state index in [0.29, 0.717) is 6.61 Å². The maximum atomic E-state index is 12.4. The molecule has 0 saturated heterocycles. The molecule has 1 unspecified atom stereocenters. The molecular formula is C19H23N3O7S. The molecule has 162 valence electrons. The number of aromatic carboxylic acids is 1. The maximum Gasteiger partial charge on any atom is 0.336 e. The van der Waals surface area contributed by atoms with Crippen LogP contribution in [0.5, 0.6) is 5.75 Å². The van der Waals surface area contributed by atoms with Crippen molar-refractivity contribution >= 4 is 38.2 Å². The molecule has 0 radical (unpaired) electrons. The number of benzene rings is 1. The Morgan fingerprint density at radius 3 is 2.17 bits per heavy atom. The lowest BCUT2D eigenvalue weighted by molar-refractivity contribution is -0.135. The maximum absolute atomic E-state index is 12.4. The summed E-state index contributed by atoms with van der Waals surface area (Å²) in [4.78, 5) is 48.3. The zero-order valence-electron chi connectivity index (χ0n) is 16.1. The molecule has 1 fully saturated rings. The Morgan fingerprint density at radius 1 is 1.07 bits per heavy atom. The van der Waals surface area contributed by atoms with E-state index in [4.69, 9.17) is 21.6 Å². The van der Waals surface area contributed by atoms with E-state index in [9.17, 15) is 29.4 Å². The first kappa shape index (κ1) is 21.6. The molecule has 10 nitrogen and oxygen atoms in total. The summed E-state index contributed by atoms with van der Waals surface area (Å²) in [6.45, 7) is 0.291. The summed E-state index contributed by atoms with van der Waals surface area (Å²) >= 11 is 0. The number of carbonyl (C=O) groups is 4. The zero-order chi connectivity index (χ0) is 22.2. The lowest BCUT2D eigenvalue weighted by Crippen LogP contribution is -2.42. The Balaban J connectivity index is 2.21. The molecule has 0 aromatic heterocycles. The van der Waals surface area contributed by atoms with Crippen LogP contribution in [0.3, 0.4) is 0 Å². The molecule has 1 aliphatic carbocycles. The van der Waals surface area contributed by atoms with Crippen molar-refractivity contribution in [1.29, 1.82) is 5.41 Å². The SMILES string of the molecule is N=C1c2c(OCC3CCCCC3)ccc(C(=O)O)c2S(C(N)=O)(C(N)=O)C1C(=O)O. The standard InChI is InChI=1S/C19H23N3O7S/c20-13-12-11(29-8-9-4-2-1-3-5-9)7-6-10(16(23)24)14(12)30(18(21)27,19(22)28)15(13)17(25)26/h6-7,9,15,20H,1-5,8H2,(H2,21,27)(H2,22,28)(H,23,24)(H,25,26). The fraction of sp³-hybridized carbons (Fsp3) is 0.421. The van der Waals surface area contributed by atoms with Crippen LogP contribution in [0.15, 0.2) is 17.0 Å². The molecule has 1 atom stereocenters. The summed E-state index contributed by atoms with van der Waals surface area (Å²) in [5, 5.41) is 23.1. The van der Waals surface area contributed by atoms with Crippen molar-refractivity contribution in [3.05, 3.63) is 23.3 Å². The minimum absolute atomic E-state index is 0.0497. The minimum atomic E-state index is -3.89. The monoisotopic (exact) mass is 437 g/mol. The summed E-state index contributed by atoms with van der Waals surface area (Å²) in [7, 11) is -3.89. The fourth-order valence-corrected chi connectivity index (χ4v) is 7.35. The van der Waals surface area contributed by atoms with Crippen LogP contribution in [0.4, 0.5) is 9.59 Å². The van der Waals surface area contributed by atoms with Gasteiger partial charge in [0.2, 0.25) is 0 Å². The van der Waals surface area contributed by atoms with Crippen LogP contribution in [-0.2, 0) is 4.79 Å². The molecule has 7 N–H and O–H groups in total. The van der Waals surface area contributed by atoms with Crippen LogP contribution in [0, 0.1) is 11.3 Å². The lowest BCUT2D eigenvalue weighted by atomic mass is 9.90. The Labute approximate surface area is 173 Å². The molecule has 11 heteroatoms. The first-order valence-electron chi connectivity index (χ1n) is 9.39. The Bertz CT molecular complexity index is 942. The summed E-state index contributed by atoms with van der Waals surface area (Å²) in [6, 6.07) is 2.44. The quantitative estimate of drug-likeness (QED) is 0.466. The van der Waals surface area contributed by atoms with Crippen molar-refractivity contribution in [3.8, 4) is 5.75 Å². The van der Waals surface area contributed by atoms with Gasteiger partial charge in [0, 0.05) is 4.90 Å². The first-order valence-corrected chi connectivity index (χ1v) is 11.1. The normalized spacial score (nSPS) is 21.5. The third-order valence-electron chi connectivity index (χ3n) is 5.62. The predicted molar refractivity (Wildman–Crippen MR) is 109 cm³/mol. The van der Waals surface area contributed by atoms with Gasteiger partial charge < -0.3 is 31.8 Å². The van der Waals surface area contributed by atoms with Crippen molar-refractivity contribution in [2.75, 3.05) is 6.61 Å². The highest BCUT2D eigenvalue weighted by Crippen LogP contribution is 2.68. The van der Waals surface area contributed by atoms with Crippen molar-refractivity contribution in [3.63, 3.8) is 0 Å². The van der Waals surface area contributed by atoms with E-state index >= 15 is 0 Å². The minimum Gasteiger partial charge on any atom is -0.493 e. The molecule has 1 saturated carbocycles. The topological polar surface area (TPSA) is 194 Å². The van der Waals surface area contributed by atoms with Gasteiger partial charge in [0.15, 0.2) is 0 Å². The molecule has 3 rings (SSSR count). The highest BCUT2D eigenvalue weighted by Gasteiger charge is 2.60. The van der Waals surface area contributed by atoms with E-state index in [1.54, 1.807) is 0 Å². The van der Waals surface area contributed by atoms with Crippen molar-refractivity contribution in [2.24, 2.45) is 17.4 Å². The largest absolute Gasteiger partial charge is 0.493 e. The van der Waals surface area contributed by atoms with Gasteiger partial charge in [-0.3, -0.25) is 14.4 Å². The van der Waals surface area contributed by atoms with Gasteiger partial charge in [0.25, 0.3) is 10.5 Å². The number of rotatable bonds is 5. The van der Waals surface area contributed by atoms with Crippen LogP contribution in [0.25, 0.3) is 0 Å². The van der Waals surface area contributed by atoms with Crippen LogP contribution >= 0.6 is 10.0 Å². The number of nitrogens with two attached hydrogens (primary N) is 2. The van der Waals surface area contributed by atoms with Gasteiger partial charge in [0.1, 0.15) is 11.0 Å². The molecule has 2 amide bonds. The second kappa shape index (κ2) is 7.98. The smallest absolute Gasteiger partial charge is 0.336 e. The van der Waals surface area contributed by atoms with Gasteiger partial charge in [-0.05, 0) is 40.9 Å². The van der Waals surface area contributed by atoms with Crippen molar-refractivity contribution in [1.82, 2.24) is 0 Å². The van der Waals surface area contributed by atoms with Gasteiger partial charge in [-0.25, -0.2) is 4.79 Å². The third kappa shape index (κ3) is 3.18. The number of aliphatic carboxylic acids is 1. The third-order valence-corrected chi connectivity index (χ3v) is 9.10. The highest BCUT2D eigenvalue weighted by molar-refractivity contribution is 8.57. The van der Waals surface area contributed by atoms with Gasteiger partial charge in [-0.15, -0.1) is 0 Å². The molecular weight excluding hydrogens is 414 g/mol. The molecule has 1 heterocycles. The number of hydrogen-bond donors (Lipinski definition) is 5. The van der Waals surface area contributed by atoms with Crippen molar-refractivity contribution < 1.29 is 34.1 Å². The number of amides is 2. The molecule has 30 heavy (non-hydrogen) atoms. The van der Waals surface area contributed by atoms with Gasteiger partial charge in [-0.2, -0.15) is 0 Å². The van der Waals surface area contributed by atoms with E-state index in [1.807, 2.05) is 0 Å². The Kier molecular flexibility index (Phi) is 5.75. The number of fused-ring (bicyclic) bond motifs is 1. The van der Waals surface area contributed by atoms with Crippen LogP contribution in [0.1, 0.15) is 48.0 Å². The first-order chi connectivity index (χ1) is 14.1. The van der Waals surface area contributed by atoms with Crippen LogP contribution in [-0.4, -0.2) is 50.2 Å². The number of primary amides is 2. The molecule has 0 spiro atoms. The van der Waals surface area contributed by atoms with E-state index < -0.39 is 53.9 Å². The Hall–Kier alpha value is -3.08. The molecule has 2 aliphatic rings. The molecule has 1 aliphatic heterocycles. The summed E-state index contributed by atoms with van der Waals surface area (Å²) in [5.41, 5.74) is 9.62. The van der Waals surface area contributed by atoms with E-state index in [2.05, 4.69) is 0 Å². The average molecular weight is 437 g/mol. The number of hydrogen-bond acceptors (Lipinski definition) is 6. The molecule has 1 aromatic carbocycles. The van der Waals surface area contributed by atoms with Crippen molar-refractivity contribution in [2.45, 2.75) is 42.2 Å². The summed E-state index contributed by atoms with van der Waals surface area (Å²) in [6.07, 6.45) is 5.20. The number of carboxylic acids is 2. The van der Waals surface area contributed by atoms with E-state index in [1.165, 1.54) is 6.07 Å². The number of nitrogens with one attached hydrogen (secondary N) is 1. The van der Waals surface area contributed by atoms with Gasteiger partial charge in [0.05, 0.1) is 23.4 Å². The summed E-state index contributed by atoms with van der Waals surface area (Å²) in [5.74, 6) is -2.83. The number of ether oxygens (including phenoxy) is 1. The summed E-state index contributed by atoms with van der Waals surface area (Å²) < 4.78 is 5.86. The van der Waals surface area contributed by atoms with Crippen LogP contribution < -0.4 is 16.2 Å². The zero-order valence-corrected chi connectivity index (χ0v) is 16.9. The second-order valence-corrected chi connectivity index (χ2v) is 10.4. The highest BCUT2D eigenvalue weighted by atomic mass is 32.3. The average Bonchev–Trinajstić information content (AvgIpc) is 2.97. The second-order valence-electron chi connectivity index (χ2n) is 7.37. The fourth-order valence-electron chi connectivity index (χ4n) is 4.24. The van der Waals surface area contributed by atoms with Crippen LogP contribution in [0.2, 0.25) is 0 Å².